The number of nitrogens with zero attached hydrogens (tertiary/aromatic N) is 3. The molecule has 0 spiro atoms. The van der Waals surface area contributed by atoms with E-state index in [0.29, 0.717) is 12.6 Å². The van der Waals surface area contributed by atoms with Crippen LogP contribution in [0.3, 0.4) is 0 Å². The number of imidazole rings is 1. The number of aliphatic hydroxyl groups is 1. The molecule has 6 nitrogen and oxygen atoms in total. The van der Waals surface area contributed by atoms with Crippen molar-refractivity contribution in [3.8, 4) is 0 Å². The minimum atomic E-state index is -0.0317. The summed E-state index contributed by atoms with van der Waals surface area (Å²) < 4.78 is 14.1. The molecule has 26 heavy (non-hydrogen) atoms. The summed E-state index contributed by atoms with van der Waals surface area (Å²) in [4.78, 5) is 7.06. The number of para-hydroxylation sites is 2. The van der Waals surface area contributed by atoms with Gasteiger partial charge in [-0.2, -0.15) is 0 Å². The Hall–Kier alpha value is -1.47. The molecule has 0 unspecified atom stereocenters. The highest BCUT2D eigenvalue weighted by molar-refractivity contribution is 5.74. The summed E-state index contributed by atoms with van der Waals surface area (Å²) in [5.74, 6) is 0. The standard InChI is InChI=1S/C20H29N3O3/c1-25-20-7-6-16(26-13-12-24)14-19(20)22(9-8-20)10-11-23-15-21-17-4-2-3-5-18(17)23/h2-5,15-16,19,24H,6-14H2,1H3/t16-,19+,20-/m1/s1. The lowest BCUT2D eigenvalue weighted by atomic mass is 9.79. The highest BCUT2D eigenvalue weighted by Gasteiger charge is 2.50. The van der Waals surface area contributed by atoms with Crippen molar-refractivity contribution in [2.75, 3.05) is 33.4 Å². The van der Waals surface area contributed by atoms with Crippen molar-refractivity contribution in [2.24, 2.45) is 0 Å². The monoisotopic (exact) mass is 359 g/mol. The Labute approximate surface area is 154 Å². The molecule has 4 rings (SSSR count). The quantitative estimate of drug-likeness (QED) is 0.820. The Balaban J connectivity index is 1.44. The number of ether oxygens (including phenoxy) is 2. The van der Waals surface area contributed by atoms with Crippen LogP contribution < -0.4 is 0 Å². The van der Waals surface area contributed by atoms with Crippen molar-refractivity contribution in [1.82, 2.24) is 14.5 Å². The van der Waals surface area contributed by atoms with Crippen molar-refractivity contribution in [3.05, 3.63) is 30.6 Å². The zero-order valence-electron chi connectivity index (χ0n) is 15.5. The molecule has 1 aliphatic carbocycles. The summed E-state index contributed by atoms with van der Waals surface area (Å²) in [5, 5.41) is 9.04. The SMILES string of the molecule is CO[C@@]12CC[C@@H](OCCO)C[C@@H]1N(CCn1cnc3ccccc31)CC2. The topological polar surface area (TPSA) is 59.8 Å². The van der Waals surface area contributed by atoms with E-state index in [2.05, 4.69) is 32.7 Å². The molecule has 1 aromatic carbocycles. The Morgan fingerprint density at radius 1 is 1.27 bits per heavy atom. The lowest BCUT2D eigenvalue weighted by molar-refractivity contribution is -0.103. The Bertz CT molecular complexity index is 734. The largest absolute Gasteiger partial charge is 0.394 e. The third-order valence-corrected chi connectivity index (χ3v) is 6.25. The predicted octanol–water partition coefficient (Wildman–Crippen LogP) is 2.06. The Morgan fingerprint density at radius 2 is 2.15 bits per heavy atom. The molecule has 0 bridgehead atoms. The Morgan fingerprint density at radius 3 is 3.00 bits per heavy atom. The van der Waals surface area contributed by atoms with Crippen LogP contribution in [0.5, 0.6) is 0 Å². The maximum Gasteiger partial charge on any atom is 0.0958 e. The van der Waals surface area contributed by atoms with Gasteiger partial charge in [-0.1, -0.05) is 12.1 Å². The van der Waals surface area contributed by atoms with Crippen LogP contribution in [0, 0.1) is 0 Å². The molecule has 1 saturated carbocycles. The van der Waals surface area contributed by atoms with Gasteiger partial charge < -0.3 is 19.1 Å². The van der Waals surface area contributed by atoms with Gasteiger partial charge in [-0.25, -0.2) is 4.98 Å². The molecule has 0 amide bonds. The van der Waals surface area contributed by atoms with E-state index in [4.69, 9.17) is 14.6 Å². The maximum absolute atomic E-state index is 9.04. The van der Waals surface area contributed by atoms with E-state index in [0.717, 1.165) is 50.8 Å². The van der Waals surface area contributed by atoms with Crippen LogP contribution in [0.1, 0.15) is 25.7 Å². The third-order valence-electron chi connectivity index (χ3n) is 6.25. The predicted molar refractivity (Wildman–Crippen MR) is 100 cm³/mol. The van der Waals surface area contributed by atoms with Crippen molar-refractivity contribution < 1.29 is 14.6 Å². The maximum atomic E-state index is 9.04. The molecule has 2 heterocycles. The summed E-state index contributed by atoms with van der Waals surface area (Å²) >= 11 is 0. The van der Waals surface area contributed by atoms with E-state index in [9.17, 15) is 0 Å². The molecule has 6 heteroatoms. The number of likely N-dealkylation sites (tertiary alicyclic amines) is 1. The van der Waals surface area contributed by atoms with Crippen molar-refractivity contribution in [3.63, 3.8) is 0 Å². The summed E-state index contributed by atoms with van der Waals surface area (Å²) in [6.45, 7) is 3.51. The average Bonchev–Trinajstić information content (AvgIpc) is 3.26. The molecule has 1 saturated heterocycles. The molecule has 1 aromatic heterocycles. The van der Waals surface area contributed by atoms with Gasteiger partial charge >= 0.3 is 0 Å². The molecule has 1 N–H and O–H groups in total. The smallest absolute Gasteiger partial charge is 0.0958 e. The van der Waals surface area contributed by atoms with Crippen LogP contribution in [-0.4, -0.2) is 70.7 Å². The summed E-state index contributed by atoms with van der Waals surface area (Å²) in [6.07, 6.45) is 6.30. The third kappa shape index (κ3) is 3.27. The zero-order valence-corrected chi connectivity index (χ0v) is 15.5. The van der Waals surface area contributed by atoms with E-state index in [-0.39, 0.29) is 18.3 Å². The minimum absolute atomic E-state index is 0.0317. The summed E-state index contributed by atoms with van der Waals surface area (Å²) in [6, 6.07) is 8.67. The molecule has 3 atom stereocenters. The van der Waals surface area contributed by atoms with E-state index < -0.39 is 0 Å². The number of aromatic nitrogens is 2. The van der Waals surface area contributed by atoms with Gasteiger partial charge in [0, 0.05) is 32.8 Å². The number of hydrogen-bond donors (Lipinski definition) is 1. The highest BCUT2D eigenvalue weighted by atomic mass is 16.5. The molecule has 0 radical (unpaired) electrons. The van der Waals surface area contributed by atoms with Gasteiger partial charge in [-0.3, -0.25) is 4.90 Å². The van der Waals surface area contributed by atoms with Crippen LogP contribution >= 0.6 is 0 Å². The molecule has 142 valence electrons. The van der Waals surface area contributed by atoms with E-state index in [1.54, 1.807) is 0 Å². The number of fused-ring (bicyclic) bond motifs is 2. The van der Waals surface area contributed by atoms with Crippen LogP contribution in [0.25, 0.3) is 11.0 Å². The van der Waals surface area contributed by atoms with Crippen LogP contribution in [0.4, 0.5) is 0 Å². The van der Waals surface area contributed by atoms with Gasteiger partial charge in [0.1, 0.15) is 0 Å². The van der Waals surface area contributed by atoms with E-state index in [1.165, 1.54) is 5.52 Å². The number of methoxy groups -OCH3 is 1. The number of benzene rings is 1. The van der Waals surface area contributed by atoms with E-state index in [1.807, 2.05) is 19.5 Å². The van der Waals surface area contributed by atoms with E-state index >= 15 is 0 Å². The highest BCUT2D eigenvalue weighted by Crippen LogP contribution is 2.43. The molecular weight excluding hydrogens is 330 g/mol. The number of rotatable bonds is 7. The summed E-state index contributed by atoms with van der Waals surface area (Å²) in [7, 11) is 1.86. The second-order valence-electron chi connectivity index (χ2n) is 7.49. The minimum Gasteiger partial charge on any atom is -0.394 e. The molecule has 2 fully saturated rings. The van der Waals surface area contributed by atoms with Gasteiger partial charge in [0.25, 0.3) is 0 Å². The lowest BCUT2D eigenvalue weighted by Gasteiger charge is -2.43. The fourth-order valence-electron chi connectivity index (χ4n) is 4.82. The average molecular weight is 359 g/mol. The number of hydrogen-bond acceptors (Lipinski definition) is 5. The second kappa shape index (κ2) is 7.64. The first-order chi connectivity index (χ1) is 12.8. The Kier molecular flexibility index (Phi) is 5.27. The zero-order chi connectivity index (χ0) is 18.0. The van der Waals surface area contributed by atoms with Crippen LogP contribution in [-0.2, 0) is 16.0 Å². The molecule has 2 aromatic rings. The first-order valence-corrected chi connectivity index (χ1v) is 9.67. The van der Waals surface area contributed by atoms with Crippen LogP contribution in [0.2, 0.25) is 0 Å². The molecule has 2 aliphatic rings. The van der Waals surface area contributed by atoms with Crippen molar-refractivity contribution in [2.45, 2.75) is 50.0 Å². The fourth-order valence-corrected chi connectivity index (χ4v) is 4.82. The summed E-state index contributed by atoms with van der Waals surface area (Å²) in [5.41, 5.74) is 2.21. The van der Waals surface area contributed by atoms with Gasteiger partial charge in [-0.05, 0) is 37.8 Å². The van der Waals surface area contributed by atoms with Gasteiger partial charge in [0.15, 0.2) is 0 Å². The second-order valence-corrected chi connectivity index (χ2v) is 7.49. The first-order valence-electron chi connectivity index (χ1n) is 9.67. The first kappa shape index (κ1) is 17.9. The van der Waals surface area contributed by atoms with Crippen molar-refractivity contribution in [1.29, 1.82) is 0 Å². The van der Waals surface area contributed by atoms with Gasteiger partial charge in [-0.15, -0.1) is 0 Å². The van der Waals surface area contributed by atoms with Crippen LogP contribution in [0.15, 0.2) is 30.6 Å². The molecule has 1 aliphatic heterocycles. The number of aliphatic hydroxyl groups excluding tert-OH is 1. The fraction of sp³-hybridized carbons (Fsp3) is 0.650. The van der Waals surface area contributed by atoms with Gasteiger partial charge in [0.2, 0.25) is 0 Å². The van der Waals surface area contributed by atoms with Crippen molar-refractivity contribution >= 4 is 11.0 Å². The normalized spacial score (nSPS) is 29.3. The molecular formula is C20H29N3O3. The lowest BCUT2D eigenvalue weighted by Crippen LogP contribution is -2.52. The van der Waals surface area contributed by atoms with Gasteiger partial charge in [0.05, 0.1) is 42.3 Å².